The second-order valence-electron chi connectivity index (χ2n) is 6.81. The van der Waals surface area contributed by atoms with E-state index in [1.54, 1.807) is 18.2 Å². The third kappa shape index (κ3) is 5.86. The number of ether oxygens (including phenoxy) is 2. The lowest BCUT2D eigenvalue weighted by Gasteiger charge is -2.20. The molecule has 1 N–H and O–H groups in total. The predicted octanol–water partition coefficient (Wildman–Crippen LogP) is 3.48. The van der Waals surface area contributed by atoms with Crippen LogP contribution in [0.3, 0.4) is 0 Å². The summed E-state index contributed by atoms with van der Waals surface area (Å²) in [5.41, 5.74) is 0.697. The Morgan fingerprint density at radius 1 is 0.962 bits per heavy atom. The zero-order chi connectivity index (χ0) is 19.1. The number of rotatable bonds is 5. The van der Waals surface area contributed by atoms with Crippen molar-refractivity contribution in [1.82, 2.24) is 5.32 Å². The second kappa shape index (κ2) is 9.36. The van der Waals surface area contributed by atoms with Crippen molar-refractivity contribution >= 4 is 17.8 Å². The second-order valence-corrected chi connectivity index (χ2v) is 6.81. The summed E-state index contributed by atoms with van der Waals surface area (Å²) in [6.45, 7) is 4.35. The Labute approximate surface area is 154 Å². The molecule has 1 aliphatic carbocycles. The zero-order valence-corrected chi connectivity index (χ0v) is 15.7. The highest BCUT2D eigenvalue weighted by Gasteiger charge is 2.22. The van der Waals surface area contributed by atoms with Crippen molar-refractivity contribution < 1.29 is 23.9 Å². The lowest BCUT2D eigenvalue weighted by atomic mass is 9.98. The van der Waals surface area contributed by atoms with E-state index in [9.17, 15) is 14.4 Å². The van der Waals surface area contributed by atoms with E-state index in [1.165, 1.54) is 26.7 Å². The Kier molecular flexibility index (Phi) is 7.18. The van der Waals surface area contributed by atoms with E-state index in [1.807, 2.05) is 6.92 Å². The summed E-state index contributed by atoms with van der Waals surface area (Å²) in [6.07, 6.45) is 6.78. The molecule has 0 radical (unpaired) electrons. The number of esters is 2. The number of carbonyl (C=O) groups is 3. The molecule has 6 nitrogen and oxygen atoms in total. The third-order valence-corrected chi connectivity index (χ3v) is 4.57. The average Bonchev–Trinajstić information content (AvgIpc) is 2.83. The first-order valence-electron chi connectivity index (χ1n) is 9.18. The molecule has 0 spiro atoms. The van der Waals surface area contributed by atoms with Gasteiger partial charge in [-0.2, -0.15) is 0 Å². The molecule has 2 rings (SSSR count). The molecule has 1 amide bonds. The van der Waals surface area contributed by atoms with Crippen LogP contribution < -0.4 is 14.8 Å². The molecule has 26 heavy (non-hydrogen) atoms. The minimum absolute atomic E-state index is 0.0501. The first kappa shape index (κ1) is 19.9. The van der Waals surface area contributed by atoms with Crippen LogP contribution in [0.2, 0.25) is 0 Å². The number of benzene rings is 1. The smallest absolute Gasteiger partial charge is 0.308 e. The number of carbonyl (C=O) groups excluding carboxylic acids is 3. The molecule has 1 atom stereocenters. The van der Waals surface area contributed by atoms with Gasteiger partial charge in [0.15, 0.2) is 11.5 Å². The molecule has 1 aromatic rings. The summed E-state index contributed by atoms with van der Waals surface area (Å²) in [4.78, 5) is 35.1. The van der Waals surface area contributed by atoms with Crippen LogP contribution >= 0.6 is 0 Å². The van der Waals surface area contributed by atoms with Gasteiger partial charge in [-0.3, -0.25) is 14.4 Å². The Hall–Kier alpha value is -2.37. The van der Waals surface area contributed by atoms with E-state index in [4.69, 9.17) is 9.47 Å². The molecule has 0 saturated heterocycles. The molecule has 6 heteroatoms. The first-order chi connectivity index (χ1) is 12.4. The molecular weight excluding hydrogens is 334 g/mol. The van der Waals surface area contributed by atoms with E-state index in [-0.39, 0.29) is 23.4 Å². The van der Waals surface area contributed by atoms with Crippen LogP contribution in [0.4, 0.5) is 0 Å². The van der Waals surface area contributed by atoms with Crippen molar-refractivity contribution in [3.05, 3.63) is 23.8 Å². The number of nitrogens with one attached hydrogen (secondary N) is 1. The van der Waals surface area contributed by atoms with Gasteiger partial charge >= 0.3 is 11.9 Å². The largest absolute Gasteiger partial charge is 0.423 e. The van der Waals surface area contributed by atoms with E-state index in [2.05, 4.69) is 5.32 Å². The molecular formula is C20H27NO5. The van der Waals surface area contributed by atoms with Crippen LogP contribution in [0.25, 0.3) is 0 Å². The molecule has 1 aromatic carbocycles. The van der Waals surface area contributed by atoms with Crippen LogP contribution in [0.1, 0.15) is 70.8 Å². The van der Waals surface area contributed by atoms with Gasteiger partial charge in [-0.25, -0.2) is 0 Å². The maximum atomic E-state index is 12.6. The summed E-state index contributed by atoms with van der Waals surface area (Å²) in [6, 6.07) is 5.06. The van der Waals surface area contributed by atoms with Crippen molar-refractivity contribution in [3.8, 4) is 11.5 Å². The highest BCUT2D eigenvalue weighted by Crippen LogP contribution is 2.32. The SMILES string of the molecule is CC(=O)Oc1ccc(C(C)C(=O)NC2CCCCCC2)cc1OC(C)=O. The van der Waals surface area contributed by atoms with E-state index >= 15 is 0 Å². The van der Waals surface area contributed by atoms with Crippen molar-refractivity contribution in [2.75, 3.05) is 0 Å². The van der Waals surface area contributed by atoms with Crippen molar-refractivity contribution in [2.45, 2.75) is 71.3 Å². The molecule has 0 bridgehead atoms. The van der Waals surface area contributed by atoms with Gasteiger partial charge < -0.3 is 14.8 Å². The Morgan fingerprint density at radius 3 is 2.12 bits per heavy atom. The molecule has 0 aromatic heterocycles. The van der Waals surface area contributed by atoms with E-state index in [0.717, 1.165) is 25.7 Å². The van der Waals surface area contributed by atoms with Crippen LogP contribution in [-0.4, -0.2) is 23.9 Å². The zero-order valence-electron chi connectivity index (χ0n) is 15.7. The highest BCUT2D eigenvalue weighted by atomic mass is 16.6. The summed E-state index contributed by atoms with van der Waals surface area (Å²) in [5.74, 6) is -1.19. The monoisotopic (exact) mass is 361 g/mol. The van der Waals surface area contributed by atoms with Crippen LogP contribution in [-0.2, 0) is 14.4 Å². The highest BCUT2D eigenvalue weighted by molar-refractivity contribution is 5.84. The molecule has 0 heterocycles. The molecule has 1 fully saturated rings. The van der Waals surface area contributed by atoms with Crippen LogP contribution in [0, 0.1) is 0 Å². The predicted molar refractivity (Wildman–Crippen MR) is 97.1 cm³/mol. The van der Waals surface area contributed by atoms with Gasteiger partial charge in [0.1, 0.15) is 0 Å². The fourth-order valence-corrected chi connectivity index (χ4v) is 3.17. The number of amides is 1. The fraction of sp³-hybridized carbons (Fsp3) is 0.550. The third-order valence-electron chi connectivity index (χ3n) is 4.57. The summed E-state index contributed by atoms with van der Waals surface area (Å²) in [5, 5.41) is 3.13. The molecule has 0 aliphatic heterocycles. The van der Waals surface area contributed by atoms with Gasteiger partial charge in [0.05, 0.1) is 5.92 Å². The first-order valence-corrected chi connectivity index (χ1v) is 9.18. The van der Waals surface area contributed by atoms with Crippen molar-refractivity contribution in [1.29, 1.82) is 0 Å². The van der Waals surface area contributed by atoms with E-state index in [0.29, 0.717) is 5.56 Å². The average molecular weight is 361 g/mol. The van der Waals surface area contributed by atoms with Gasteiger partial charge in [0, 0.05) is 19.9 Å². The lowest BCUT2D eigenvalue weighted by Crippen LogP contribution is -2.37. The minimum Gasteiger partial charge on any atom is -0.423 e. The summed E-state index contributed by atoms with van der Waals surface area (Å²) < 4.78 is 10.2. The van der Waals surface area contributed by atoms with Crippen molar-refractivity contribution in [2.24, 2.45) is 0 Å². The van der Waals surface area contributed by atoms with Gasteiger partial charge in [-0.1, -0.05) is 31.7 Å². The normalized spacial score (nSPS) is 16.3. The van der Waals surface area contributed by atoms with E-state index < -0.39 is 17.9 Å². The van der Waals surface area contributed by atoms with Gasteiger partial charge in [0.25, 0.3) is 0 Å². The number of hydrogen-bond acceptors (Lipinski definition) is 5. The topological polar surface area (TPSA) is 81.7 Å². The van der Waals surface area contributed by atoms with Gasteiger partial charge in [-0.15, -0.1) is 0 Å². The summed E-state index contributed by atoms with van der Waals surface area (Å²) in [7, 11) is 0. The molecule has 1 unspecified atom stereocenters. The Bertz CT molecular complexity index is 662. The molecule has 142 valence electrons. The Morgan fingerprint density at radius 2 is 1.54 bits per heavy atom. The van der Waals surface area contributed by atoms with Gasteiger partial charge in [-0.05, 0) is 37.5 Å². The minimum atomic E-state index is -0.522. The maximum absolute atomic E-state index is 12.6. The fourth-order valence-electron chi connectivity index (χ4n) is 3.17. The lowest BCUT2D eigenvalue weighted by molar-refractivity contribution is -0.134. The van der Waals surface area contributed by atoms with Crippen LogP contribution in [0.5, 0.6) is 11.5 Å². The standard InChI is InChI=1S/C20H27NO5/c1-13(20(24)21-17-8-6-4-5-7-9-17)16-10-11-18(25-14(2)22)19(12-16)26-15(3)23/h10-13,17H,4-9H2,1-3H3,(H,21,24). The number of hydrogen-bond donors (Lipinski definition) is 1. The van der Waals surface area contributed by atoms with Crippen LogP contribution in [0.15, 0.2) is 18.2 Å². The molecule has 1 saturated carbocycles. The van der Waals surface area contributed by atoms with Gasteiger partial charge in [0.2, 0.25) is 5.91 Å². The summed E-state index contributed by atoms with van der Waals surface area (Å²) >= 11 is 0. The quantitative estimate of drug-likeness (QED) is 0.493. The van der Waals surface area contributed by atoms with Crippen molar-refractivity contribution in [3.63, 3.8) is 0 Å². The maximum Gasteiger partial charge on any atom is 0.308 e. The molecule has 1 aliphatic rings. The Balaban J connectivity index is 2.13.